The zero-order valence-electron chi connectivity index (χ0n) is 17.7. The van der Waals surface area contributed by atoms with Crippen LogP contribution in [0.15, 0.2) is 89.8 Å². The van der Waals surface area contributed by atoms with Gasteiger partial charge in [-0.05, 0) is 35.4 Å². The normalized spacial score (nSPS) is 14.9. The minimum Gasteiger partial charge on any atom is -0.379 e. The molecule has 0 saturated carbocycles. The van der Waals surface area contributed by atoms with Gasteiger partial charge in [0.1, 0.15) is 0 Å². The summed E-state index contributed by atoms with van der Waals surface area (Å²) in [7, 11) is -3.58. The SMILES string of the molecule is O=C(NCC(c1ccccc1)c1ccccc1)c1ccc(S(=O)(=O)N2CCOCC2)cc1. The van der Waals surface area contributed by atoms with E-state index >= 15 is 0 Å². The predicted molar refractivity (Wildman–Crippen MR) is 123 cm³/mol. The molecule has 3 aromatic rings. The van der Waals surface area contributed by atoms with Gasteiger partial charge in [-0.2, -0.15) is 4.31 Å². The van der Waals surface area contributed by atoms with E-state index < -0.39 is 10.0 Å². The van der Waals surface area contributed by atoms with Crippen molar-refractivity contribution in [2.45, 2.75) is 10.8 Å². The van der Waals surface area contributed by atoms with Gasteiger partial charge in [0.25, 0.3) is 5.91 Å². The third-order valence-electron chi connectivity index (χ3n) is 5.59. The van der Waals surface area contributed by atoms with E-state index in [9.17, 15) is 13.2 Å². The van der Waals surface area contributed by atoms with Crippen LogP contribution in [0.1, 0.15) is 27.4 Å². The average molecular weight is 451 g/mol. The number of morpholine rings is 1. The fraction of sp³-hybridized carbons (Fsp3) is 0.240. The van der Waals surface area contributed by atoms with Gasteiger partial charge in [0, 0.05) is 31.1 Å². The second-order valence-electron chi connectivity index (χ2n) is 7.62. The lowest BCUT2D eigenvalue weighted by Crippen LogP contribution is -2.40. The van der Waals surface area contributed by atoms with Gasteiger partial charge >= 0.3 is 0 Å². The fourth-order valence-electron chi connectivity index (χ4n) is 3.81. The van der Waals surface area contributed by atoms with Crippen molar-refractivity contribution in [3.63, 3.8) is 0 Å². The highest BCUT2D eigenvalue weighted by atomic mass is 32.2. The zero-order valence-corrected chi connectivity index (χ0v) is 18.5. The Morgan fingerprint density at radius 3 is 1.91 bits per heavy atom. The molecule has 6 nitrogen and oxygen atoms in total. The minimum atomic E-state index is -3.58. The first kappa shape index (κ1) is 22.2. The molecule has 0 spiro atoms. The molecule has 0 radical (unpaired) electrons. The smallest absolute Gasteiger partial charge is 0.251 e. The van der Waals surface area contributed by atoms with Crippen LogP contribution in [0, 0.1) is 0 Å². The monoisotopic (exact) mass is 450 g/mol. The van der Waals surface area contributed by atoms with Gasteiger partial charge < -0.3 is 10.1 Å². The van der Waals surface area contributed by atoms with Crippen molar-refractivity contribution in [1.29, 1.82) is 0 Å². The highest BCUT2D eigenvalue weighted by Crippen LogP contribution is 2.24. The molecular formula is C25H26N2O4S. The van der Waals surface area contributed by atoms with Crippen molar-refractivity contribution in [1.82, 2.24) is 9.62 Å². The van der Waals surface area contributed by atoms with E-state index in [1.54, 1.807) is 12.1 Å². The molecule has 1 fully saturated rings. The molecule has 166 valence electrons. The minimum absolute atomic E-state index is 0.0160. The number of benzene rings is 3. The molecule has 32 heavy (non-hydrogen) atoms. The molecule has 1 amide bonds. The number of hydrogen-bond acceptors (Lipinski definition) is 4. The zero-order chi connectivity index (χ0) is 22.4. The number of hydrogen-bond donors (Lipinski definition) is 1. The Kier molecular flexibility index (Phi) is 6.99. The number of nitrogens with one attached hydrogen (secondary N) is 1. The first-order valence-corrected chi connectivity index (χ1v) is 12.1. The third-order valence-corrected chi connectivity index (χ3v) is 7.51. The Morgan fingerprint density at radius 1 is 0.844 bits per heavy atom. The first-order valence-electron chi connectivity index (χ1n) is 10.6. The number of carbonyl (C=O) groups is 1. The summed E-state index contributed by atoms with van der Waals surface area (Å²) in [6.07, 6.45) is 0. The van der Waals surface area contributed by atoms with Crippen LogP contribution in [0.4, 0.5) is 0 Å². The summed E-state index contributed by atoms with van der Waals surface area (Å²) in [5, 5.41) is 3.00. The Balaban J connectivity index is 1.46. The van der Waals surface area contributed by atoms with Gasteiger partial charge in [0.2, 0.25) is 10.0 Å². The lowest BCUT2D eigenvalue weighted by molar-refractivity contribution is 0.0730. The number of carbonyl (C=O) groups excluding carboxylic acids is 1. The second-order valence-corrected chi connectivity index (χ2v) is 9.56. The van der Waals surface area contributed by atoms with Crippen LogP contribution in [0.2, 0.25) is 0 Å². The average Bonchev–Trinajstić information content (AvgIpc) is 2.86. The fourth-order valence-corrected chi connectivity index (χ4v) is 5.22. The molecule has 0 bridgehead atoms. The van der Waals surface area contributed by atoms with E-state index in [2.05, 4.69) is 29.6 Å². The first-order chi connectivity index (χ1) is 15.6. The molecule has 0 unspecified atom stereocenters. The molecule has 1 aliphatic rings. The number of nitrogens with zero attached hydrogens (tertiary/aromatic N) is 1. The van der Waals surface area contributed by atoms with Crippen molar-refractivity contribution < 1.29 is 17.9 Å². The van der Waals surface area contributed by atoms with Crippen LogP contribution in [0.25, 0.3) is 0 Å². The maximum absolute atomic E-state index is 12.8. The van der Waals surface area contributed by atoms with Gasteiger partial charge in [-0.3, -0.25) is 4.79 Å². The largest absolute Gasteiger partial charge is 0.379 e. The molecule has 4 rings (SSSR count). The van der Waals surface area contributed by atoms with E-state index in [4.69, 9.17) is 4.74 Å². The van der Waals surface area contributed by atoms with Crippen LogP contribution in [0.3, 0.4) is 0 Å². The van der Waals surface area contributed by atoms with Crippen LogP contribution in [0.5, 0.6) is 0 Å². The molecule has 7 heteroatoms. The summed E-state index contributed by atoms with van der Waals surface area (Å²) in [5.41, 5.74) is 2.66. The number of ether oxygens (including phenoxy) is 1. The van der Waals surface area contributed by atoms with Crippen molar-refractivity contribution in [2.24, 2.45) is 0 Å². The molecule has 1 aliphatic heterocycles. The molecule has 1 saturated heterocycles. The standard InChI is InChI=1S/C25H26N2O4S/c28-25(22-11-13-23(14-12-22)32(29,30)27-15-17-31-18-16-27)26-19-24(20-7-3-1-4-8-20)21-9-5-2-6-10-21/h1-14,24H,15-19H2,(H,26,28). The Hall–Kier alpha value is -3.00. The summed E-state index contributed by atoms with van der Waals surface area (Å²) in [4.78, 5) is 13.0. The summed E-state index contributed by atoms with van der Waals surface area (Å²) >= 11 is 0. The third kappa shape index (κ3) is 5.07. The second kappa shape index (κ2) is 10.1. The van der Waals surface area contributed by atoms with Crippen molar-refractivity contribution in [3.8, 4) is 0 Å². The summed E-state index contributed by atoms with van der Waals surface area (Å²) in [5.74, 6) is -0.223. The van der Waals surface area contributed by atoms with E-state index in [-0.39, 0.29) is 16.7 Å². The predicted octanol–water partition coefficient (Wildman–Crippen LogP) is 3.27. The van der Waals surface area contributed by atoms with Crippen LogP contribution < -0.4 is 5.32 Å². The topological polar surface area (TPSA) is 75.7 Å². The van der Waals surface area contributed by atoms with Gasteiger partial charge in [-0.25, -0.2) is 8.42 Å². The Morgan fingerprint density at radius 2 is 1.38 bits per heavy atom. The summed E-state index contributed by atoms with van der Waals surface area (Å²) in [6.45, 7) is 1.89. The van der Waals surface area contributed by atoms with Gasteiger partial charge in [0.15, 0.2) is 0 Å². The summed E-state index contributed by atoms with van der Waals surface area (Å²) in [6, 6.07) is 26.2. The lowest BCUT2D eigenvalue weighted by Gasteiger charge is -2.26. The van der Waals surface area contributed by atoms with Gasteiger partial charge in [-0.1, -0.05) is 60.7 Å². The maximum atomic E-state index is 12.8. The van der Waals surface area contributed by atoms with Gasteiger partial charge in [-0.15, -0.1) is 0 Å². The van der Waals surface area contributed by atoms with Crippen molar-refractivity contribution in [2.75, 3.05) is 32.8 Å². The van der Waals surface area contributed by atoms with Gasteiger partial charge in [0.05, 0.1) is 18.1 Å². The molecule has 1 heterocycles. The van der Waals surface area contributed by atoms with Crippen LogP contribution in [-0.2, 0) is 14.8 Å². The number of sulfonamides is 1. The Bertz CT molecular complexity index is 1090. The highest BCUT2D eigenvalue weighted by Gasteiger charge is 2.26. The van der Waals surface area contributed by atoms with Crippen LogP contribution in [-0.4, -0.2) is 51.5 Å². The summed E-state index contributed by atoms with van der Waals surface area (Å²) < 4.78 is 32.2. The van der Waals surface area contributed by atoms with Crippen molar-refractivity contribution >= 4 is 15.9 Å². The lowest BCUT2D eigenvalue weighted by atomic mass is 9.91. The van der Waals surface area contributed by atoms with E-state index in [0.717, 1.165) is 11.1 Å². The Labute approximate surface area is 188 Å². The quantitative estimate of drug-likeness (QED) is 0.600. The maximum Gasteiger partial charge on any atom is 0.251 e. The molecular weight excluding hydrogens is 424 g/mol. The molecule has 1 N–H and O–H groups in total. The molecule has 0 atom stereocenters. The molecule has 0 aliphatic carbocycles. The van der Waals surface area contributed by atoms with E-state index in [1.807, 2.05) is 36.4 Å². The van der Waals surface area contributed by atoms with Crippen LogP contribution >= 0.6 is 0 Å². The molecule has 3 aromatic carbocycles. The number of rotatable bonds is 7. The molecule has 0 aromatic heterocycles. The van der Waals surface area contributed by atoms with Crippen molar-refractivity contribution in [3.05, 3.63) is 102 Å². The van der Waals surface area contributed by atoms with E-state index in [0.29, 0.717) is 38.4 Å². The highest BCUT2D eigenvalue weighted by molar-refractivity contribution is 7.89. The van der Waals surface area contributed by atoms with E-state index in [1.165, 1.54) is 16.4 Å². The number of amides is 1.